The van der Waals surface area contributed by atoms with Crippen LogP contribution in [-0.4, -0.2) is 36.3 Å². The van der Waals surface area contributed by atoms with Crippen molar-refractivity contribution in [3.05, 3.63) is 54.1 Å². The molecule has 158 valence electrons. The lowest BCUT2D eigenvalue weighted by molar-refractivity contribution is -0.113. The Labute approximate surface area is 186 Å². The fourth-order valence-electron chi connectivity index (χ4n) is 3.65. The number of nitrogens with zero attached hydrogens (tertiary/aromatic N) is 3. The van der Waals surface area contributed by atoms with Gasteiger partial charge in [-0.05, 0) is 68.3 Å². The molecule has 0 spiro atoms. The van der Waals surface area contributed by atoms with Gasteiger partial charge in [0.05, 0.1) is 23.4 Å². The zero-order valence-electron chi connectivity index (χ0n) is 17.4. The van der Waals surface area contributed by atoms with Crippen LogP contribution < -0.4 is 15.0 Å². The van der Waals surface area contributed by atoms with Crippen molar-refractivity contribution in [3.8, 4) is 11.8 Å². The van der Waals surface area contributed by atoms with Gasteiger partial charge in [0.15, 0.2) is 0 Å². The molecule has 1 N–H and O–H groups in total. The van der Waals surface area contributed by atoms with Crippen LogP contribution in [0, 0.1) is 11.3 Å². The van der Waals surface area contributed by atoms with Crippen LogP contribution in [0.4, 0.5) is 11.4 Å². The van der Waals surface area contributed by atoms with Crippen molar-refractivity contribution in [1.82, 2.24) is 4.98 Å². The minimum Gasteiger partial charge on any atom is -0.494 e. The molecule has 31 heavy (non-hydrogen) atoms. The monoisotopic (exact) mass is 432 g/mol. The summed E-state index contributed by atoms with van der Waals surface area (Å²) in [6, 6.07) is 17.5. The highest BCUT2D eigenvalue weighted by Gasteiger charge is 2.13. The molecule has 1 fully saturated rings. The van der Waals surface area contributed by atoms with Crippen molar-refractivity contribution in [2.45, 2.75) is 24.8 Å². The number of hydrogen-bond acceptors (Lipinski definition) is 6. The number of hydrogen-bond donors (Lipinski definition) is 1. The van der Waals surface area contributed by atoms with Gasteiger partial charge in [0.2, 0.25) is 5.91 Å². The molecule has 2 heterocycles. The first-order chi connectivity index (χ1) is 15.2. The van der Waals surface area contributed by atoms with Gasteiger partial charge in [-0.25, -0.2) is 4.98 Å². The van der Waals surface area contributed by atoms with Crippen molar-refractivity contribution in [2.75, 3.05) is 35.7 Å². The molecule has 0 saturated carbocycles. The van der Waals surface area contributed by atoms with E-state index in [2.05, 4.69) is 21.3 Å². The van der Waals surface area contributed by atoms with Crippen LogP contribution in [-0.2, 0) is 4.79 Å². The highest BCUT2D eigenvalue weighted by molar-refractivity contribution is 8.00. The topological polar surface area (TPSA) is 78.2 Å². The summed E-state index contributed by atoms with van der Waals surface area (Å²) in [6.07, 6.45) is 2.47. The number of nitrogens with one attached hydrogen (secondary N) is 1. The Bertz CT molecular complexity index is 1120. The fraction of sp³-hybridized carbons (Fsp3) is 0.292. The summed E-state index contributed by atoms with van der Waals surface area (Å²) in [5.74, 6) is 0.797. The molecule has 0 atom stereocenters. The van der Waals surface area contributed by atoms with E-state index >= 15 is 0 Å². The van der Waals surface area contributed by atoms with Gasteiger partial charge in [-0.3, -0.25) is 4.79 Å². The van der Waals surface area contributed by atoms with E-state index in [0.717, 1.165) is 35.4 Å². The van der Waals surface area contributed by atoms with Crippen LogP contribution in [0.2, 0.25) is 0 Å². The quantitative estimate of drug-likeness (QED) is 0.539. The average Bonchev–Trinajstić information content (AvgIpc) is 3.33. The normalized spacial score (nSPS) is 13.2. The minimum absolute atomic E-state index is 0.128. The summed E-state index contributed by atoms with van der Waals surface area (Å²) < 4.78 is 5.52. The number of benzene rings is 2. The Morgan fingerprint density at radius 2 is 1.97 bits per heavy atom. The minimum atomic E-state index is -0.128. The lowest BCUT2D eigenvalue weighted by Gasteiger charge is -2.17. The van der Waals surface area contributed by atoms with Gasteiger partial charge in [-0.15, -0.1) is 0 Å². The van der Waals surface area contributed by atoms with Crippen molar-refractivity contribution >= 4 is 39.9 Å². The first kappa shape index (κ1) is 21.0. The molecule has 0 unspecified atom stereocenters. The van der Waals surface area contributed by atoms with Crippen molar-refractivity contribution in [3.63, 3.8) is 0 Å². The number of aromatic nitrogens is 1. The molecule has 7 heteroatoms. The number of pyridine rings is 1. The Hall–Kier alpha value is -3.24. The van der Waals surface area contributed by atoms with E-state index in [-0.39, 0.29) is 11.7 Å². The second-order valence-corrected chi connectivity index (χ2v) is 8.28. The number of thioether (sulfide) groups is 1. The first-order valence-electron chi connectivity index (χ1n) is 10.4. The molecule has 3 aromatic rings. The molecule has 1 amide bonds. The first-order valence-corrected chi connectivity index (χ1v) is 11.4. The molecule has 0 radical (unpaired) electrons. The summed E-state index contributed by atoms with van der Waals surface area (Å²) in [5, 5.41) is 13.8. The molecule has 4 rings (SSSR count). The standard InChI is InChI=1S/C24H24N4O2S/c1-2-30-21-9-10-22-17(14-21)13-18(15-25)24(27-22)31-16-23(29)26-19-5-7-20(8-6-19)28-11-3-4-12-28/h5-10,13-14H,2-4,11-12,16H2,1H3,(H,26,29). The second-order valence-electron chi connectivity index (χ2n) is 7.32. The number of rotatable bonds is 7. The van der Waals surface area contributed by atoms with Gasteiger partial charge in [-0.2, -0.15) is 5.26 Å². The van der Waals surface area contributed by atoms with E-state index < -0.39 is 0 Å². The van der Waals surface area contributed by atoms with E-state index in [1.54, 1.807) is 6.07 Å². The molecular formula is C24H24N4O2S. The third-order valence-electron chi connectivity index (χ3n) is 5.14. The zero-order valence-corrected chi connectivity index (χ0v) is 18.2. The largest absolute Gasteiger partial charge is 0.494 e. The molecule has 1 aliphatic heterocycles. The van der Waals surface area contributed by atoms with E-state index in [4.69, 9.17) is 4.74 Å². The van der Waals surface area contributed by atoms with E-state index in [9.17, 15) is 10.1 Å². The van der Waals surface area contributed by atoms with Crippen LogP contribution in [0.5, 0.6) is 5.75 Å². The van der Waals surface area contributed by atoms with Crippen molar-refractivity contribution < 1.29 is 9.53 Å². The lowest BCUT2D eigenvalue weighted by atomic mass is 10.1. The number of carbonyl (C=O) groups excluding carboxylic acids is 1. The Kier molecular flexibility index (Phi) is 6.58. The predicted octanol–water partition coefficient (Wildman–Crippen LogP) is 4.84. The summed E-state index contributed by atoms with van der Waals surface area (Å²) in [4.78, 5) is 19.4. The molecular weight excluding hydrogens is 408 g/mol. The SMILES string of the molecule is CCOc1ccc2nc(SCC(=O)Nc3ccc(N4CCCC4)cc3)c(C#N)cc2c1. The van der Waals surface area contributed by atoms with Crippen molar-refractivity contribution in [2.24, 2.45) is 0 Å². The van der Waals surface area contributed by atoms with Gasteiger partial charge in [0, 0.05) is 29.9 Å². The fourth-order valence-corrected chi connectivity index (χ4v) is 4.41. The van der Waals surface area contributed by atoms with Gasteiger partial charge < -0.3 is 15.0 Å². The molecule has 0 bridgehead atoms. The third kappa shape index (κ3) is 5.09. The Morgan fingerprint density at radius 3 is 2.68 bits per heavy atom. The highest BCUT2D eigenvalue weighted by Crippen LogP contribution is 2.27. The second kappa shape index (κ2) is 9.71. The molecule has 0 aliphatic carbocycles. The Morgan fingerprint density at radius 1 is 1.19 bits per heavy atom. The van der Waals surface area contributed by atoms with Crippen LogP contribution in [0.1, 0.15) is 25.3 Å². The average molecular weight is 433 g/mol. The van der Waals surface area contributed by atoms with Gasteiger partial charge in [0.25, 0.3) is 0 Å². The lowest BCUT2D eigenvalue weighted by Crippen LogP contribution is -2.18. The number of anilines is 2. The van der Waals surface area contributed by atoms with Crippen molar-refractivity contribution in [1.29, 1.82) is 5.26 Å². The summed E-state index contributed by atoms with van der Waals surface area (Å²) in [5.41, 5.74) is 3.18. The summed E-state index contributed by atoms with van der Waals surface area (Å²) in [7, 11) is 0. The number of carbonyl (C=O) groups is 1. The number of ether oxygens (including phenoxy) is 1. The molecule has 1 aromatic heterocycles. The van der Waals surface area contributed by atoms with Crippen LogP contribution in [0.15, 0.2) is 53.6 Å². The van der Waals surface area contributed by atoms with Gasteiger partial charge >= 0.3 is 0 Å². The van der Waals surface area contributed by atoms with Crippen LogP contribution >= 0.6 is 11.8 Å². The third-order valence-corrected chi connectivity index (χ3v) is 6.14. The smallest absolute Gasteiger partial charge is 0.234 e. The number of fused-ring (bicyclic) bond motifs is 1. The summed E-state index contributed by atoms with van der Waals surface area (Å²) >= 11 is 1.27. The number of amides is 1. The van der Waals surface area contributed by atoms with E-state index in [0.29, 0.717) is 17.2 Å². The number of nitriles is 1. The van der Waals surface area contributed by atoms with Gasteiger partial charge in [0.1, 0.15) is 16.8 Å². The van der Waals surface area contributed by atoms with Crippen LogP contribution in [0.25, 0.3) is 10.9 Å². The highest BCUT2D eigenvalue weighted by atomic mass is 32.2. The zero-order chi connectivity index (χ0) is 21.6. The molecule has 1 saturated heterocycles. The van der Waals surface area contributed by atoms with Gasteiger partial charge in [-0.1, -0.05) is 11.8 Å². The molecule has 1 aliphatic rings. The molecule has 6 nitrogen and oxygen atoms in total. The molecule has 2 aromatic carbocycles. The maximum absolute atomic E-state index is 12.4. The maximum atomic E-state index is 12.4. The van der Waals surface area contributed by atoms with E-state index in [1.807, 2.05) is 49.4 Å². The van der Waals surface area contributed by atoms with E-state index in [1.165, 1.54) is 30.3 Å². The maximum Gasteiger partial charge on any atom is 0.234 e. The summed E-state index contributed by atoms with van der Waals surface area (Å²) in [6.45, 7) is 4.69. The Balaban J connectivity index is 1.40. The predicted molar refractivity (Wildman–Crippen MR) is 125 cm³/mol. The van der Waals surface area contributed by atoms with Crippen LogP contribution in [0.3, 0.4) is 0 Å².